The zero-order valence-corrected chi connectivity index (χ0v) is 8.87. The molecule has 3 nitrogen and oxygen atoms in total. The van der Waals surface area contributed by atoms with Gasteiger partial charge in [-0.05, 0) is 13.0 Å². The van der Waals surface area contributed by atoms with E-state index < -0.39 is 0 Å². The summed E-state index contributed by atoms with van der Waals surface area (Å²) in [6.07, 6.45) is 10.5. The van der Waals surface area contributed by atoms with Gasteiger partial charge in [0.05, 0.1) is 0 Å². The summed E-state index contributed by atoms with van der Waals surface area (Å²) in [5, 5.41) is 3.38. The van der Waals surface area contributed by atoms with Crippen LogP contribution in [0.1, 0.15) is 38.2 Å². The summed E-state index contributed by atoms with van der Waals surface area (Å²) in [5.74, 6) is 0. The van der Waals surface area contributed by atoms with Gasteiger partial charge in [-0.15, -0.1) is 0 Å². The van der Waals surface area contributed by atoms with Crippen LogP contribution in [0, 0.1) is 0 Å². The van der Waals surface area contributed by atoms with Crippen molar-refractivity contribution in [3.63, 3.8) is 0 Å². The van der Waals surface area contributed by atoms with Crippen LogP contribution in [0.4, 0.5) is 0 Å². The molecule has 3 heteroatoms. The molecule has 0 aliphatic carbocycles. The SMILES string of the molecule is CCCCCCNCc1cncnc1. The molecule has 14 heavy (non-hydrogen) atoms. The quantitative estimate of drug-likeness (QED) is 0.674. The lowest BCUT2D eigenvalue weighted by atomic mass is 10.2. The molecule has 0 amide bonds. The number of aromatic nitrogens is 2. The van der Waals surface area contributed by atoms with Crippen LogP contribution in [0.5, 0.6) is 0 Å². The molecule has 0 atom stereocenters. The van der Waals surface area contributed by atoms with Crippen LogP contribution < -0.4 is 5.32 Å². The van der Waals surface area contributed by atoms with Crippen molar-refractivity contribution in [2.45, 2.75) is 39.2 Å². The van der Waals surface area contributed by atoms with Gasteiger partial charge in [-0.25, -0.2) is 9.97 Å². The highest BCUT2D eigenvalue weighted by atomic mass is 14.9. The minimum Gasteiger partial charge on any atom is -0.313 e. The predicted octanol–water partition coefficient (Wildman–Crippen LogP) is 2.15. The first-order valence-electron chi connectivity index (χ1n) is 5.38. The fraction of sp³-hybridized carbons (Fsp3) is 0.636. The molecule has 1 N–H and O–H groups in total. The summed E-state index contributed by atoms with van der Waals surface area (Å²) in [6.45, 7) is 4.20. The maximum absolute atomic E-state index is 3.96. The fourth-order valence-electron chi connectivity index (χ4n) is 1.33. The monoisotopic (exact) mass is 193 g/mol. The summed E-state index contributed by atoms with van der Waals surface area (Å²) < 4.78 is 0. The van der Waals surface area contributed by atoms with Crippen molar-refractivity contribution in [1.29, 1.82) is 0 Å². The van der Waals surface area contributed by atoms with E-state index in [4.69, 9.17) is 0 Å². The third kappa shape index (κ3) is 4.92. The van der Waals surface area contributed by atoms with Gasteiger partial charge in [0.25, 0.3) is 0 Å². The van der Waals surface area contributed by atoms with E-state index in [0.29, 0.717) is 0 Å². The average molecular weight is 193 g/mol. The molecule has 0 radical (unpaired) electrons. The van der Waals surface area contributed by atoms with Crippen LogP contribution in [0.15, 0.2) is 18.7 Å². The molecule has 0 aliphatic heterocycles. The van der Waals surface area contributed by atoms with Crippen LogP contribution in [0.3, 0.4) is 0 Å². The molecule has 0 saturated carbocycles. The van der Waals surface area contributed by atoms with E-state index in [2.05, 4.69) is 22.2 Å². The number of hydrogen-bond acceptors (Lipinski definition) is 3. The molecular weight excluding hydrogens is 174 g/mol. The molecule has 0 aromatic carbocycles. The second-order valence-electron chi connectivity index (χ2n) is 3.48. The zero-order chi connectivity index (χ0) is 10.1. The Hall–Kier alpha value is -0.960. The molecule has 0 spiro atoms. The molecule has 0 aliphatic rings. The zero-order valence-electron chi connectivity index (χ0n) is 8.87. The fourth-order valence-corrected chi connectivity index (χ4v) is 1.33. The van der Waals surface area contributed by atoms with Crippen LogP contribution in [0.25, 0.3) is 0 Å². The Balaban J connectivity index is 1.99. The largest absolute Gasteiger partial charge is 0.313 e. The van der Waals surface area contributed by atoms with Crippen molar-refractivity contribution in [3.05, 3.63) is 24.3 Å². The minimum absolute atomic E-state index is 0.882. The third-order valence-corrected chi connectivity index (χ3v) is 2.15. The van der Waals surface area contributed by atoms with Gasteiger partial charge in [0.15, 0.2) is 0 Å². The lowest BCUT2D eigenvalue weighted by Gasteiger charge is -2.03. The van der Waals surface area contributed by atoms with Gasteiger partial charge in [-0.1, -0.05) is 26.2 Å². The molecule has 0 bridgehead atoms. The van der Waals surface area contributed by atoms with Gasteiger partial charge in [0.2, 0.25) is 0 Å². The molecule has 0 fully saturated rings. The van der Waals surface area contributed by atoms with Crippen molar-refractivity contribution >= 4 is 0 Å². The molecule has 1 heterocycles. The Labute approximate surface area is 86.0 Å². The van der Waals surface area contributed by atoms with Crippen molar-refractivity contribution in [1.82, 2.24) is 15.3 Å². The van der Waals surface area contributed by atoms with Crippen LogP contribution in [0.2, 0.25) is 0 Å². The van der Waals surface area contributed by atoms with Gasteiger partial charge >= 0.3 is 0 Å². The van der Waals surface area contributed by atoms with E-state index in [0.717, 1.165) is 18.7 Å². The number of rotatable bonds is 7. The molecule has 0 saturated heterocycles. The Bertz CT molecular complexity index is 223. The highest BCUT2D eigenvalue weighted by molar-refractivity contribution is 5.01. The van der Waals surface area contributed by atoms with Crippen molar-refractivity contribution < 1.29 is 0 Å². The normalized spacial score (nSPS) is 10.4. The summed E-state index contributed by atoms with van der Waals surface area (Å²) in [5.41, 5.74) is 1.16. The van der Waals surface area contributed by atoms with E-state index >= 15 is 0 Å². The average Bonchev–Trinajstić information content (AvgIpc) is 2.25. The molecular formula is C11H19N3. The van der Waals surface area contributed by atoms with Crippen LogP contribution in [-0.4, -0.2) is 16.5 Å². The molecule has 1 aromatic heterocycles. The topological polar surface area (TPSA) is 37.8 Å². The van der Waals surface area contributed by atoms with Gasteiger partial charge in [0.1, 0.15) is 6.33 Å². The number of nitrogens with one attached hydrogen (secondary N) is 1. The Morgan fingerprint density at radius 1 is 1.14 bits per heavy atom. The highest BCUT2D eigenvalue weighted by Gasteiger charge is 1.91. The third-order valence-electron chi connectivity index (χ3n) is 2.15. The van der Waals surface area contributed by atoms with Gasteiger partial charge in [-0.2, -0.15) is 0 Å². The smallest absolute Gasteiger partial charge is 0.115 e. The van der Waals surface area contributed by atoms with E-state index in [9.17, 15) is 0 Å². The van der Waals surface area contributed by atoms with E-state index in [1.54, 1.807) is 6.33 Å². The van der Waals surface area contributed by atoms with Crippen molar-refractivity contribution in [3.8, 4) is 0 Å². The maximum Gasteiger partial charge on any atom is 0.115 e. The standard InChI is InChI=1S/C11H19N3/c1-2-3-4-5-6-12-7-11-8-13-10-14-9-11/h8-10,12H,2-7H2,1H3. The minimum atomic E-state index is 0.882. The van der Waals surface area contributed by atoms with E-state index in [1.165, 1.54) is 25.7 Å². The second kappa shape index (κ2) is 7.44. The van der Waals surface area contributed by atoms with E-state index in [-0.39, 0.29) is 0 Å². The first-order chi connectivity index (χ1) is 6.93. The first kappa shape index (κ1) is 11.1. The number of hydrogen-bond donors (Lipinski definition) is 1. The Kier molecular flexibility index (Phi) is 5.91. The summed E-state index contributed by atoms with van der Waals surface area (Å²) >= 11 is 0. The Morgan fingerprint density at radius 3 is 2.64 bits per heavy atom. The molecule has 1 aromatic rings. The summed E-state index contributed by atoms with van der Waals surface area (Å²) in [6, 6.07) is 0. The van der Waals surface area contributed by atoms with E-state index in [1.807, 2.05) is 12.4 Å². The van der Waals surface area contributed by atoms with Gasteiger partial charge in [0, 0.05) is 24.5 Å². The molecule has 0 unspecified atom stereocenters. The molecule has 78 valence electrons. The van der Waals surface area contributed by atoms with Crippen molar-refractivity contribution in [2.24, 2.45) is 0 Å². The highest BCUT2D eigenvalue weighted by Crippen LogP contribution is 1.98. The second-order valence-corrected chi connectivity index (χ2v) is 3.48. The van der Waals surface area contributed by atoms with Crippen LogP contribution >= 0.6 is 0 Å². The Morgan fingerprint density at radius 2 is 1.93 bits per heavy atom. The maximum atomic E-state index is 3.96. The van der Waals surface area contributed by atoms with Gasteiger partial charge < -0.3 is 5.32 Å². The summed E-state index contributed by atoms with van der Waals surface area (Å²) in [4.78, 5) is 7.92. The lowest BCUT2D eigenvalue weighted by Crippen LogP contribution is -2.14. The predicted molar refractivity (Wildman–Crippen MR) is 57.9 cm³/mol. The number of nitrogens with zero attached hydrogens (tertiary/aromatic N) is 2. The molecule has 1 rings (SSSR count). The van der Waals surface area contributed by atoms with Crippen molar-refractivity contribution in [2.75, 3.05) is 6.54 Å². The van der Waals surface area contributed by atoms with Crippen LogP contribution in [-0.2, 0) is 6.54 Å². The summed E-state index contributed by atoms with van der Waals surface area (Å²) in [7, 11) is 0. The van der Waals surface area contributed by atoms with Gasteiger partial charge in [-0.3, -0.25) is 0 Å². The first-order valence-corrected chi connectivity index (χ1v) is 5.38. The lowest BCUT2D eigenvalue weighted by molar-refractivity contribution is 0.597. The number of unbranched alkanes of at least 4 members (excludes halogenated alkanes) is 3.